The van der Waals surface area contributed by atoms with E-state index in [2.05, 4.69) is 30.1 Å². The first kappa shape index (κ1) is 14.1. The second kappa shape index (κ2) is 5.48. The highest BCUT2D eigenvalue weighted by Gasteiger charge is 2.31. The highest BCUT2D eigenvalue weighted by atomic mass is 32.1. The van der Waals surface area contributed by atoms with Gasteiger partial charge in [0.05, 0.1) is 34.2 Å². The van der Waals surface area contributed by atoms with Crippen LogP contribution in [0.5, 0.6) is 0 Å². The van der Waals surface area contributed by atoms with Crippen molar-refractivity contribution in [3.8, 4) is 12.1 Å². The number of fused-ring (bicyclic) bond motifs is 1. The van der Waals surface area contributed by atoms with Crippen molar-refractivity contribution >= 4 is 23.4 Å². The Kier molecular flexibility index (Phi) is 3.50. The van der Waals surface area contributed by atoms with Crippen LogP contribution in [0.25, 0.3) is 10.8 Å². The Labute approximate surface area is 133 Å². The van der Waals surface area contributed by atoms with Gasteiger partial charge in [-0.05, 0) is 16.3 Å². The van der Waals surface area contributed by atoms with Gasteiger partial charge in [0.25, 0.3) is 0 Å². The molecule has 0 spiro atoms. The molecule has 0 radical (unpaired) electrons. The normalized spacial score (nSPS) is 17.9. The minimum absolute atomic E-state index is 0.240. The molecule has 1 aliphatic heterocycles. The Bertz CT molecular complexity index is 871. The van der Waals surface area contributed by atoms with Crippen LogP contribution in [0.2, 0.25) is 0 Å². The van der Waals surface area contributed by atoms with Crippen LogP contribution in [0.1, 0.15) is 11.5 Å². The molecule has 22 heavy (non-hydrogen) atoms. The largest absolute Gasteiger partial charge is 0.384 e. The molecule has 106 valence electrons. The standard InChI is InChI=1S/C17H12N4S/c18-8-13-15(14(9-19)17(22)21-16(13)20)12-7-3-5-10-4-1-2-6-11(10)12/h1-7,15,21-22H,20H2/t15-/m1/s1. The minimum atomic E-state index is -0.505. The number of dihydropyridines is 1. The summed E-state index contributed by atoms with van der Waals surface area (Å²) in [6, 6.07) is 18.0. The summed E-state index contributed by atoms with van der Waals surface area (Å²) in [5, 5.41) is 24.2. The smallest absolute Gasteiger partial charge is 0.116 e. The highest BCUT2D eigenvalue weighted by Crippen LogP contribution is 2.39. The number of nitrogens with zero attached hydrogens (tertiary/aromatic N) is 2. The van der Waals surface area contributed by atoms with E-state index in [1.54, 1.807) is 0 Å². The van der Waals surface area contributed by atoms with E-state index < -0.39 is 5.92 Å². The van der Waals surface area contributed by atoms with E-state index >= 15 is 0 Å². The maximum atomic E-state index is 9.50. The molecule has 0 aromatic heterocycles. The molecule has 3 rings (SSSR count). The molecule has 0 saturated heterocycles. The molecule has 0 bridgehead atoms. The summed E-state index contributed by atoms with van der Waals surface area (Å²) in [5.74, 6) is -0.265. The number of hydrogen-bond acceptors (Lipinski definition) is 5. The third-order valence-electron chi connectivity index (χ3n) is 3.75. The Hall–Kier alpha value is -2.89. The van der Waals surface area contributed by atoms with Crippen molar-refractivity contribution in [2.75, 3.05) is 0 Å². The van der Waals surface area contributed by atoms with Crippen LogP contribution in [-0.4, -0.2) is 0 Å². The number of nitriles is 2. The van der Waals surface area contributed by atoms with Gasteiger partial charge < -0.3 is 11.1 Å². The van der Waals surface area contributed by atoms with Gasteiger partial charge in [-0.3, -0.25) is 0 Å². The summed E-state index contributed by atoms with van der Waals surface area (Å²) < 4.78 is 0. The molecule has 0 aliphatic carbocycles. The van der Waals surface area contributed by atoms with Gasteiger partial charge in [0.15, 0.2) is 0 Å². The van der Waals surface area contributed by atoms with E-state index in [4.69, 9.17) is 5.73 Å². The molecule has 1 atom stereocenters. The number of benzene rings is 2. The van der Waals surface area contributed by atoms with Crippen LogP contribution in [0.15, 0.2) is 64.5 Å². The van der Waals surface area contributed by atoms with Gasteiger partial charge in [0, 0.05) is 0 Å². The van der Waals surface area contributed by atoms with Gasteiger partial charge in [-0.15, -0.1) is 12.6 Å². The van der Waals surface area contributed by atoms with Crippen LogP contribution < -0.4 is 11.1 Å². The summed E-state index contributed by atoms with van der Waals surface area (Å²) in [4.78, 5) is 0. The minimum Gasteiger partial charge on any atom is -0.384 e. The lowest BCUT2D eigenvalue weighted by atomic mass is 9.82. The van der Waals surface area contributed by atoms with E-state index in [0.29, 0.717) is 16.2 Å². The third-order valence-corrected chi connectivity index (χ3v) is 4.10. The van der Waals surface area contributed by atoms with Gasteiger partial charge in [-0.1, -0.05) is 42.5 Å². The van der Waals surface area contributed by atoms with Crippen molar-refractivity contribution in [1.29, 1.82) is 10.5 Å². The van der Waals surface area contributed by atoms with Crippen molar-refractivity contribution in [2.45, 2.75) is 5.92 Å². The molecule has 3 N–H and O–H groups in total. The molecule has 4 nitrogen and oxygen atoms in total. The van der Waals surface area contributed by atoms with E-state index in [9.17, 15) is 10.5 Å². The molecule has 0 amide bonds. The number of nitrogens with one attached hydrogen (secondary N) is 1. The maximum Gasteiger partial charge on any atom is 0.116 e. The average Bonchev–Trinajstić information content (AvgIpc) is 2.54. The number of rotatable bonds is 1. The van der Waals surface area contributed by atoms with Crippen molar-refractivity contribution < 1.29 is 0 Å². The summed E-state index contributed by atoms with van der Waals surface area (Å²) in [7, 11) is 0. The van der Waals surface area contributed by atoms with Gasteiger partial charge in [-0.2, -0.15) is 10.5 Å². The number of hydrogen-bond donors (Lipinski definition) is 3. The quantitative estimate of drug-likeness (QED) is 0.707. The zero-order valence-corrected chi connectivity index (χ0v) is 12.4. The predicted molar refractivity (Wildman–Crippen MR) is 88.3 cm³/mol. The summed E-state index contributed by atoms with van der Waals surface area (Å²) >= 11 is 4.30. The molecular formula is C17H12N4S. The van der Waals surface area contributed by atoms with Gasteiger partial charge in [0.2, 0.25) is 0 Å². The molecule has 0 saturated carbocycles. The number of nitrogens with two attached hydrogens (primary N) is 1. The zero-order chi connectivity index (χ0) is 15.7. The lowest BCUT2D eigenvalue weighted by Gasteiger charge is -2.26. The number of thiol groups is 1. The second-order valence-electron chi connectivity index (χ2n) is 4.94. The fourth-order valence-corrected chi connectivity index (χ4v) is 3.05. The van der Waals surface area contributed by atoms with Gasteiger partial charge >= 0.3 is 0 Å². The van der Waals surface area contributed by atoms with Crippen molar-refractivity contribution in [1.82, 2.24) is 5.32 Å². The Morgan fingerprint density at radius 1 is 1.00 bits per heavy atom. The van der Waals surface area contributed by atoms with Crippen LogP contribution >= 0.6 is 12.6 Å². The van der Waals surface area contributed by atoms with Crippen molar-refractivity contribution in [3.05, 3.63) is 70.0 Å². The molecule has 0 unspecified atom stereocenters. The number of allylic oxidation sites excluding steroid dienone is 2. The molecule has 0 fully saturated rings. The average molecular weight is 304 g/mol. The van der Waals surface area contributed by atoms with Crippen LogP contribution in [0.3, 0.4) is 0 Å². The van der Waals surface area contributed by atoms with Crippen molar-refractivity contribution in [3.63, 3.8) is 0 Å². The van der Waals surface area contributed by atoms with E-state index in [0.717, 1.165) is 16.3 Å². The molecule has 2 aromatic rings. The first-order chi connectivity index (χ1) is 10.7. The lowest BCUT2D eigenvalue weighted by molar-refractivity contribution is 0.846. The monoisotopic (exact) mass is 304 g/mol. The third kappa shape index (κ3) is 2.09. The van der Waals surface area contributed by atoms with Gasteiger partial charge in [0.1, 0.15) is 5.82 Å². The summed E-state index contributed by atoms with van der Waals surface area (Å²) in [5.41, 5.74) is 7.53. The second-order valence-corrected chi connectivity index (χ2v) is 5.39. The van der Waals surface area contributed by atoms with Crippen LogP contribution in [0.4, 0.5) is 0 Å². The van der Waals surface area contributed by atoms with E-state index in [-0.39, 0.29) is 5.82 Å². The van der Waals surface area contributed by atoms with Crippen molar-refractivity contribution in [2.24, 2.45) is 5.73 Å². The predicted octanol–water partition coefficient (Wildman–Crippen LogP) is 2.89. The summed E-state index contributed by atoms with van der Waals surface area (Å²) in [6.07, 6.45) is 0. The first-order valence-corrected chi connectivity index (χ1v) is 7.09. The highest BCUT2D eigenvalue weighted by molar-refractivity contribution is 7.84. The first-order valence-electron chi connectivity index (χ1n) is 6.65. The van der Waals surface area contributed by atoms with Crippen LogP contribution in [0, 0.1) is 22.7 Å². The van der Waals surface area contributed by atoms with E-state index in [1.165, 1.54) is 0 Å². The molecule has 1 heterocycles. The SMILES string of the molecule is N#CC1=C(N)NC(S)=C(C#N)[C@@H]1c1cccc2ccccc12. The summed E-state index contributed by atoms with van der Waals surface area (Å²) in [6.45, 7) is 0. The molecule has 5 heteroatoms. The lowest BCUT2D eigenvalue weighted by Crippen LogP contribution is -2.28. The Morgan fingerprint density at radius 2 is 1.68 bits per heavy atom. The van der Waals surface area contributed by atoms with Gasteiger partial charge in [-0.25, -0.2) is 0 Å². The Balaban J connectivity index is 2.33. The fraction of sp³-hybridized carbons (Fsp3) is 0.0588. The maximum absolute atomic E-state index is 9.50. The topological polar surface area (TPSA) is 85.6 Å². The molecule has 2 aromatic carbocycles. The fourth-order valence-electron chi connectivity index (χ4n) is 2.75. The van der Waals surface area contributed by atoms with E-state index in [1.807, 2.05) is 42.5 Å². The Morgan fingerprint density at radius 3 is 2.41 bits per heavy atom. The molecular weight excluding hydrogens is 292 g/mol. The van der Waals surface area contributed by atoms with Crippen LogP contribution in [-0.2, 0) is 0 Å². The zero-order valence-electron chi connectivity index (χ0n) is 11.5. The molecule has 1 aliphatic rings.